The van der Waals surface area contributed by atoms with E-state index >= 15 is 0 Å². The van der Waals surface area contributed by atoms with E-state index in [4.69, 9.17) is 5.73 Å². The Labute approximate surface area is 201 Å². The molecular weight excluding hydrogens is 479 g/mol. The van der Waals surface area contributed by atoms with Gasteiger partial charge in [0.15, 0.2) is 0 Å². The predicted octanol–water partition coefficient (Wildman–Crippen LogP) is 4.86. The Kier molecular flexibility index (Phi) is 6.72. The predicted molar refractivity (Wildman–Crippen MR) is 126 cm³/mol. The molecule has 0 aliphatic carbocycles. The SMILES string of the molecule is NC(=O)c1c(-c2ccc(NC(=O)Nc3ccc(OC(F)(F)F)cc3)cc2)n[nH]c1Nc1cccnc1. The first-order chi connectivity index (χ1) is 17.2. The van der Waals surface area contributed by atoms with Crippen LogP contribution in [0, 0.1) is 0 Å². The third kappa shape index (κ3) is 6.08. The van der Waals surface area contributed by atoms with Gasteiger partial charge in [0, 0.05) is 23.1 Å². The lowest BCUT2D eigenvalue weighted by molar-refractivity contribution is -0.274. The van der Waals surface area contributed by atoms with Crippen molar-refractivity contribution in [2.45, 2.75) is 6.36 Å². The van der Waals surface area contributed by atoms with Crippen LogP contribution in [0.2, 0.25) is 0 Å². The third-order valence-corrected chi connectivity index (χ3v) is 4.71. The summed E-state index contributed by atoms with van der Waals surface area (Å²) in [7, 11) is 0. The number of rotatable bonds is 7. The summed E-state index contributed by atoms with van der Waals surface area (Å²) in [5, 5.41) is 15.0. The molecule has 0 aliphatic heterocycles. The number of hydrogen-bond acceptors (Lipinski definition) is 6. The summed E-state index contributed by atoms with van der Waals surface area (Å²) >= 11 is 0. The summed E-state index contributed by atoms with van der Waals surface area (Å²) in [6.07, 6.45) is -1.62. The van der Waals surface area contributed by atoms with E-state index in [1.807, 2.05) is 0 Å². The number of benzene rings is 2. The summed E-state index contributed by atoms with van der Waals surface area (Å²) in [4.78, 5) is 28.4. The number of urea groups is 1. The van der Waals surface area contributed by atoms with Gasteiger partial charge in [-0.25, -0.2) is 4.79 Å². The van der Waals surface area contributed by atoms with E-state index < -0.39 is 24.1 Å². The smallest absolute Gasteiger partial charge is 0.406 e. The summed E-state index contributed by atoms with van der Waals surface area (Å²) in [5.74, 6) is -0.798. The molecule has 2 heterocycles. The molecule has 0 atom stereocenters. The number of halogens is 3. The van der Waals surface area contributed by atoms with E-state index in [9.17, 15) is 22.8 Å². The van der Waals surface area contributed by atoms with E-state index in [2.05, 4.69) is 35.9 Å². The number of anilines is 4. The van der Waals surface area contributed by atoms with Crippen molar-refractivity contribution < 1.29 is 27.5 Å². The quantitative estimate of drug-likeness (QED) is 0.246. The third-order valence-electron chi connectivity index (χ3n) is 4.71. The summed E-state index contributed by atoms with van der Waals surface area (Å²) in [6.45, 7) is 0. The lowest BCUT2D eigenvalue weighted by Gasteiger charge is -2.11. The van der Waals surface area contributed by atoms with Crippen LogP contribution in [-0.2, 0) is 0 Å². The van der Waals surface area contributed by atoms with Crippen molar-refractivity contribution in [2.75, 3.05) is 16.0 Å². The molecule has 0 saturated heterocycles. The molecule has 0 spiro atoms. The normalized spacial score (nSPS) is 11.0. The van der Waals surface area contributed by atoms with Gasteiger partial charge in [-0.05, 0) is 48.5 Å². The molecule has 0 unspecified atom stereocenters. The molecule has 0 aliphatic rings. The lowest BCUT2D eigenvalue weighted by Crippen LogP contribution is -2.19. The molecule has 36 heavy (non-hydrogen) atoms. The number of nitrogens with one attached hydrogen (secondary N) is 4. The van der Waals surface area contributed by atoms with Gasteiger partial charge in [0.05, 0.1) is 11.9 Å². The van der Waals surface area contributed by atoms with Gasteiger partial charge in [-0.2, -0.15) is 5.10 Å². The molecule has 3 amide bonds. The highest BCUT2D eigenvalue weighted by Crippen LogP contribution is 2.29. The van der Waals surface area contributed by atoms with Gasteiger partial charge in [-0.15, -0.1) is 13.2 Å². The van der Waals surface area contributed by atoms with Crippen molar-refractivity contribution in [3.63, 3.8) is 0 Å². The number of amides is 3. The standard InChI is InChI=1S/C23H18F3N7O3/c24-23(25,26)36-17-9-7-15(8-10-17)31-22(35)30-14-5-3-13(4-6-14)19-18(20(27)34)21(33-32-19)29-16-2-1-11-28-12-16/h1-12H,(H2,27,34)(H2,29,32,33)(H2,30,31,35). The second kappa shape index (κ2) is 10.0. The molecule has 10 nitrogen and oxygen atoms in total. The van der Waals surface area contributed by atoms with Gasteiger partial charge < -0.3 is 26.4 Å². The Morgan fingerprint density at radius 2 is 1.56 bits per heavy atom. The van der Waals surface area contributed by atoms with Crippen LogP contribution in [0.1, 0.15) is 10.4 Å². The van der Waals surface area contributed by atoms with Crippen LogP contribution in [0.4, 0.5) is 40.8 Å². The van der Waals surface area contributed by atoms with Crippen molar-refractivity contribution in [1.29, 1.82) is 0 Å². The Bertz CT molecular complexity index is 1360. The number of nitrogens with two attached hydrogens (primary N) is 1. The molecule has 4 aromatic rings. The number of nitrogens with zero attached hydrogens (tertiary/aromatic N) is 2. The molecule has 2 aromatic carbocycles. The number of carbonyl (C=O) groups excluding carboxylic acids is 2. The Balaban J connectivity index is 1.42. The maximum Gasteiger partial charge on any atom is 0.573 e. The van der Waals surface area contributed by atoms with Crippen molar-refractivity contribution in [1.82, 2.24) is 15.2 Å². The van der Waals surface area contributed by atoms with Crippen LogP contribution < -0.4 is 26.4 Å². The van der Waals surface area contributed by atoms with Crippen LogP contribution in [-0.4, -0.2) is 33.5 Å². The monoisotopic (exact) mass is 497 g/mol. The van der Waals surface area contributed by atoms with Crippen LogP contribution in [0.15, 0.2) is 73.1 Å². The second-order valence-electron chi connectivity index (χ2n) is 7.28. The maximum atomic E-state index is 12.2. The Morgan fingerprint density at radius 1 is 0.917 bits per heavy atom. The number of hydrogen-bond donors (Lipinski definition) is 5. The fraction of sp³-hybridized carbons (Fsp3) is 0.0435. The first-order valence-electron chi connectivity index (χ1n) is 10.3. The van der Waals surface area contributed by atoms with Gasteiger partial charge in [0.25, 0.3) is 5.91 Å². The van der Waals surface area contributed by atoms with Crippen molar-refractivity contribution in [3.8, 4) is 17.0 Å². The summed E-state index contributed by atoms with van der Waals surface area (Å²) in [5.41, 5.74) is 7.90. The molecule has 184 valence electrons. The number of primary amides is 1. The maximum absolute atomic E-state index is 12.2. The van der Waals surface area contributed by atoms with E-state index in [-0.39, 0.29) is 11.3 Å². The zero-order chi connectivity index (χ0) is 25.7. The topological polar surface area (TPSA) is 147 Å². The number of alkyl halides is 3. The van der Waals surface area contributed by atoms with Gasteiger partial charge >= 0.3 is 12.4 Å². The van der Waals surface area contributed by atoms with Gasteiger partial charge in [0.1, 0.15) is 22.8 Å². The molecule has 0 fully saturated rings. The van der Waals surface area contributed by atoms with Crippen LogP contribution in [0.3, 0.4) is 0 Å². The average molecular weight is 497 g/mol. The molecule has 0 radical (unpaired) electrons. The van der Waals surface area contributed by atoms with Gasteiger partial charge in [0.2, 0.25) is 0 Å². The zero-order valence-electron chi connectivity index (χ0n) is 18.3. The average Bonchev–Trinajstić information content (AvgIpc) is 3.24. The van der Waals surface area contributed by atoms with Crippen molar-refractivity contribution in [3.05, 3.63) is 78.6 Å². The minimum absolute atomic E-state index is 0.148. The highest BCUT2D eigenvalue weighted by atomic mass is 19.4. The first kappa shape index (κ1) is 24.1. The fourth-order valence-corrected chi connectivity index (χ4v) is 3.21. The molecule has 2 aromatic heterocycles. The lowest BCUT2D eigenvalue weighted by atomic mass is 10.1. The fourth-order valence-electron chi connectivity index (χ4n) is 3.21. The number of ether oxygens (including phenoxy) is 1. The number of pyridine rings is 1. The highest BCUT2D eigenvalue weighted by Gasteiger charge is 2.31. The molecule has 0 bridgehead atoms. The summed E-state index contributed by atoms with van der Waals surface area (Å²) in [6, 6.07) is 14.0. The first-order valence-corrected chi connectivity index (χ1v) is 10.3. The number of aromatic nitrogens is 3. The van der Waals surface area contributed by atoms with Crippen LogP contribution in [0.5, 0.6) is 5.75 Å². The Hall–Kier alpha value is -5.07. The highest BCUT2D eigenvalue weighted by molar-refractivity contribution is 6.04. The van der Waals surface area contributed by atoms with Crippen molar-refractivity contribution in [2.24, 2.45) is 5.73 Å². The van der Waals surface area contributed by atoms with E-state index in [1.54, 1.807) is 48.8 Å². The largest absolute Gasteiger partial charge is 0.573 e. The van der Waals surface area contributed by atoms with E-state index in [0.717, 1.165) is 12.1 Å². The molecule has 13 heteroatoms. The number of aromatic amines is 1. The minimum atomic E-state index is -4.80. The van der Waals surface area contributed by atoms with Gasteiger partial charge in [-0.1, -0.05) is 12.1 Å². The van der Waals surface area contributed by atoms with E-state index in [0.29, 0.717) is 28.5 Å². The molecular formula is C23H18F3N7O3. The molecule has 0 saturated carbocycles. The van der Waals surface area contributed by atoms with Crippen LogP contribution in [0.25, 0.3) is 11.3 Å². The van der Waals surface area contributed by atoms with Gasteiger partial charge in [-0.3, -0.25) is 14.9 Å². The zero-order valence-corrected chi connectivity index (χ0v) is 18.3. The van der Waals surface area contributed by atoms with Crippen molar-refractivity contribution >= 4 is 34.8 Å². The second-order valence-corrected chi connectivity index (χ2v) is 7.28. The van der Waals surface area contributed by atoms with Crippen LogP contribution >= 0.6 is 0 Å². The number of H-pyrrole nitrogens is 1. The number of carbonyl (C=O) groups is 2. The molecule has 4 rings (SSSR count). The summed E-state index contributed by atoms with van der Waals surface area (Å²) < 4.78 is 40.5. The van der Waals surface area contributed by atoms with E-state index in [1.165, 1.54) is 12.1 Å². The minimum Gasteiger partial charge on any atom is -0.406 e. The molecule has 6 N–H and O–H groups in total. The Morgan fingerprint density at radius 3 is 2.11 bits per heavy atom.